The van der Waals surface area contributed by atoms with Crippen molar-refractivity contribution in [3.05, 3.63) is 54.0 Å². The van der Waals surface area contributed by atoms with Gasteiger partial charge in [-0.2, -0.15) is 0 Å². The van der Waals surface area contributed by atoms with E-state index in [1.54, 1.807) is 13.1 Å². The molecule has 0 aliphatic rings. The van der Waals surface area contributed by atoms with E-state index in [0.29, 0.717) is 11.4 Å². The lowest BCUT2D eigenvalue weighted by Gasteiger charge is -2.07. The van der Waals surface area contributed by atoms with Crippen molar-refractivity contribution in [1.29, 1.82) is 0 Å². The summed E-state index contributed by atoms with van der Waals surface area (Å²) >= 11 is 0. The van der Waals surface area contributed by atoms with Crippen LogP contribution in [0.4, 0.5) is 10.2 Å². The highest BCUT2D eigenvalue weighted by Gasteiger charge is 2.14. The van der Waals surface area contributed by atoms with Crippen LogP contribution < -0.4 is 10.0 Å². The first kappa shape index (κ1) is 14.4. The first-order valence-corrected chi connectivity index (χ1v) is 7.37. The fourth-order valence-electron chi connectivity index (χ4n) is 1.55. The summed E-state index contributed by atoms with van der Waals surface area (Å²) in [7, 11) is -1.93. The molecule has 5 nitrogen and oxygen atoms in total. The van der Waals surface area contributed by atoms with Gasteiger partial charge in [-0.1, -0.05) is 12.1 Å². The Balaban J connectivity index is 2.08. The number of benzene rings is 1. The quantitative estimate of drug-likeness (QED) is 0.881. The Morgan fingerprint density at radius 3 is 2.40 bits per heavy atom. The zero-order chi connectivity index (χ0) is 14.6. The molecule has 0 spiro atoms. The molecule has 2 N–H and O–H groups in total. The molecule has 0 fully saturated rings. The molecule has 0 aliphatic carbocycles. The van der Waals surface area contributed by atoms with Crippen LogP contribution >= 0.6 is 0 Å². The number of sulfonamides is 1. The van der Waals surface area contributed by atoms with Gasteiger partial charge in [0.15, 0.2) is 0 Å². The first-order chi connectivity index (χ1) is 9.51. The Bertz CT molecular complexity index is 670. The van der Waals surface area contributed by atoms with E-state index in [9.17, 15) is 12.8 Å². The summed E-state index contributed by atoms with van der Waals surface area (Å²) in [5.41, 5.74) is 0.676. The Morgan fingerprint density at radius 1 is 1.15 bits per heavy atom. The lowest BCUT2D eigenvalue weighted by Crippen LogP contribution is -2.23. The van der Waals surface area contributed by atoms with Crippen LogP contribution in [0.3, 0.4) is 0 Å². The molecule has 0 amide bonds. The second kappa shape index (κ2) is 5.98. The van der Waals surface area contributed by atoms with Gasteiger partial charge in [0.25, 0.3) is 0 Å². The van der Waals surface area contributed by atoms with Gasteiger partial charge < -0.3 is 5.32 Å². The number of nitrogens with one attached hydrogen (secondary N) is 2. The number of rotatable bonds is 5. The largest absolute Gasteiger partial charge is 0.373 e. The third-order valence-corrected chi connectivity index (χ3v) is 4.07. The maximum Gasteiger partial charge on any atom is 0.242 e. The van der Waals surface area contributed by atoms with E-state index in [2.05, 4.69) is 15.0 Å². The van der Waals surface area contributed by atoms with Gasteiger partial charge in [-0.25, -0.2) is 22.5 Å². The van der Waals surface area contributed by atoms with Crippen molar-refractivity contribution in [3.63, 3.8) is 0 Å². The molecule has 2 rings (SSSR count). The van der Waals surface area contributed by atoms with E-state index < -0.39 is 10.0 Å². The summed E-state index contributed by atoms with van der Waals surface area (Å²) in [6.45, 7) is 0.0936. The Kier molecular flexibility index (Phi) is 4.31. The lowest BCUT2D eigenvalue weighted by atomic mass is 10.2. The van der Waals surface area contributed by atoms with Gasteiger partial charge in [0.1, 0.15) is 16.5 Å². The zero-order valence-electron chi connectivity index (χ0n) is 10.8. The van der Waals surface area contributed by atoms with Crippen molar-refractivity contribution in [2.24, 2.45) is 0 Å². The number of aromatic nitrogens is 1. The molecule has 2 aromatic rings. The number of pyridine rings is 1. The van der Waals surface area contributed by atoms with Crippen LogP contribution in [-0.4, -0.2) is 20.4 Å². The molecule has 106 valence electrons. The van der Waals surface area contributed by atoms with E-state index in [0.717, 1.165) is 0 Å². The topological polar surface area (TPSA) is 71.1 Å². The molecule has 1 aromatic carbocycles. The smallest absolute Gasteiger partial charge is 0.242 e. The lowest BCUT2D eigenvalue weighted by molar-refractivity contribution is 0.581. The van der Waals surface area contributed by atoms with Crippen LogP contribution in [0.25, 0.3) is 0 Å². The highest BCUT2D eigenvalue weighted by Crippen LogP contribution is 2.11. The van der Waals surface area contributed by atoms with E-state index >= 15 is 0 Å². The van der Waals surface area contributed by atoms with Crippen molar-refractivity contribution in [2.45, 2.75) is 11.4 Å². The molecule has 0 radical (unpaired) electrons. The molecule has 0 atom stereocenters. The predicted molar refractivity (Wildman–Crippen MR) is 74.2 cm³/mol. The number of halogens is 1. The minimum absolute atomic E-state index is 0.0820. The molecular weight excluding hydrogens is 281 g/mol. The molecule has 0 saturated carbocycles. The molecule has 20 heavy (non-hydrogen) atoms. The maximum absolute atomic E-state index is 12.7. The molecule has 1 heterocycles. The SMILES string of the molecule is CNc1ccc(S(=O)(=O)NCc2ccc(F)cc2)cn1. The second-order valence-corrected chi connectivity index (χ2v) is 5.85. The number of hydrogen-bond acceptors (Lipinski definition) is 4. The van der Waals surface area contributed by atoms with Gasteiger partial charge in [-0.05, 0) is 29.8 Å². The van der Waals surface area contributed by atoms with Gasteiger partial charge in [0.05, 0.1) is 0 Å². The fraction of sp³-hybridized carbons (Fsp3) is 0.154. The first-order valence-electron chi connectivity index (χ1n) is 5.89. The molecular formula is C13H14FN3O2S. The highest BCUT2D eigenvalue weighted by atomic mass is 32.2. The molecule has 0 aliphatic heterocycles. The van der Waals surface area contributed by atoms with Crippen LogP contribution in [0.5, 0.6) is 0 Å². The summed E-state index contributed by atoms with van der Waals surface area (Å²) in [5, 5.41) is 2.81. The molecule has 0 bridgehead atoms. The summed E-state index contributed by atoms with van der Waals surface area (Å²) in [4.78, 5) is 4.03. The Labute approximate surface area is 116 Å². The van der Waals surface area contributed by atoms with E-state index in [4.69, 9.17) is 0 Å². The van der Waals surface area contributed by atoms with E-state index in [-0.39, 0.29) is 17.3 Å². The third kappa shape index (κ3) is 3.52. The second-order valence-electron chi connectivity index (χ2n) is 4.08. The molecule has 7 heteroatoms. The summed E-state index contributed by atoms with van der Waals surface area (Å²) in [6, 6.07) is 8.67. The van der Waals surface area contributed by atoms with E-state index in [1.165, 1.54) is 36.5 Å². The molecule has 0 saturated heterocycles. The third-order valence-electron chi connectivity index (χ3n) is 2.68. The van der Waals surface area contributed by atoms with E-state index in [1.807, 2.05) is 0 Å². The summed E-state index contributed by atoms with van der Waals surface area (Å²) < 4.78 is 39.2. The fourth-order valence-corrected chi connectivity index (χ4v) is 2.51. The van der Waals surface area contributed by atoms with Crippen molar-refractivity contribution in [1.82, 2.24) is 9.71 Å². The van der Waals surface area contributed by atoms with Crippen LogP contribution in [-0.2, 0) is 16.6 Å². The van der Waals surface area contributed by atoms with Crippen molar-refractivity contribution >= 4 is 15.8 Å². The van der Waals surface area contributed by atoms with Crippen LogP contribution in [0.15, 0.2) is 47.5 Å². The predicted octanol–water partition coefficient (Wildman–Crippen LogP) is 1.74. The Morgan fingerprint density at radius 2 is 1.85 bits per heavy atom. The van der Waals surface area contributed by atoms with Gasteiger partial charge in [-0.3, -0.25) is 0 Å². The van der Waals surface area contributed by atoms with Crippen molar-refractivity contribution < 1.29 is 12.8 Å². The minimum atomic E-state index is -3.63. The minimum Gasteiger partial charge on any atom is -0.373 e. The molecule has 1 aromatic heterocycles. The Hall–Kier alpha value is -1.99. The van der Waals surface area contributed by atoms with Crippen molar-refractivity contribution in [3.8, 4) is 0 Å². The zero-order valence-corrected chi connectivity index (χ0v) is 11.6. The summed E-state index contributed by atoms with van der Waals surface area (Å²) in [5.74, 6) is 0.228. The maximum atomic E-state index is 12.7. The molecule has 0 unspecified atom stereocenters. The number of anilines is 1. The highest BCUT2D eigenvalue weighted by molar-refractivity contribution is 7.89. The van der Waals surface area contributed by atoms with Crippen LogP contribution in [0.1, 0.15) is 5.56 Å². The number of nitrogens with zero attached hydrogens (tertiary/aromatic N) is 1. The standard InChI is InChI=1S/C13H14FN3O2S/c1-15-13-7-6-12(9-16-13)20(18,19)17-8-10-2-4-11(14)5-3-10/h2-7,9,17H,8H2,1H3,(H,15,16). The van der Waals surface area contributed by atoms with Gasteiger partial charge >= 0.3 is 0 Å². The van der Waals surface area contributed by atoms with Crippen LogP contribution in [0.2, 0.25) is 0 Å². The van der Waals surface area contributed by atoms with Crippen molar-refractivity contribution in [2.75, 3.05) is 12.4 Å². The normalized spacial score (nSPS) is 11.3. The van der Waals surface area contributed by atoms with Gasteiger partial charge in [0.2, 0.25) is 10.0 Å². The monoisotopic (exact) mass is 295 g/mol. The van der Waals surface area contributed by atoms with Gasteiger partial charge in [0, 0.05) is 19.8 Å². The average molecular weight is 295 g/mol. The van der Waals surface area contributed by atoms with Gasteiger partial charge in [-0.15, -0.1) is 0 Å². The average Bonchev–Trinajstić information content (AvgIpc) is 2.47. The van der Waals surface area contributed by atoms with Crippen LogP contribution in [0, 0.1) is 5.82 Å². The summed E-state index contributed by atoms with van der Waals surface area (Å²) in [6.07, 6.45) is 1.28. The number of hydrogen-bond donors (Lipinski definition) is 2.